The molecule has 0 spiro atoms. The summed E-state index contributed by atoms with van der Waals surface area (Å²) in [6, 6.07) is 0. The number of hydrogen-bond donors (Lipinski definition) is 1. The van der Waals surface area contributed by atoms with Gasteiger partial charge >= 0.3 is 0 Å². The third-order valence-electron chi connectivity index (χ3n) is 2.54. The van der Waals surface area contributed by atoms with Gasteiger partial charge in [0, 0.05) is 13.6 Å². The molecule has 2 rings (SSSR count). The Morgan fingerprint density at radius 2 is 2.31 bits per heavy atom. The lowest BCUT2D eigenvalue weighted by Gasteiger charge is -2.09. The lowest BCUT2D eigenvalue weighted by atomic mass is 10.2. The van der Waals surface area contributed by atoms with Gasteiger partial charge in [0.2, 0.25) is 0 Å². The highest BCUT2D eigenvalue weighted by Gasteiger charge is 2.09. The van der Waals surface area contributed by atoms with E-state index in [1.54, 1.807) is 28.8 Å². The number of rotatable bonds is 3. The van der Waals surface area contributed by atoms with Crippen LogP contribution in [0.2, 0.25) is 0 Å². The molecule has 2 aromatic heterocycles. The van der Waals surface area contributed by atoms with Crippen molar-refractivity contribution < 1.29 is 0 Å². The van der Waals surface area contributed by atoms with E-state index in [0.29, 0.717) is 23.5 Å². The second kappa shape index (κ2) is 4.29. The number of fused-ring (bicyclic) bond motifs is 1. The Morgan fingerprint density at radius 3 is 3.00 bits per heavy atom. The predicted molar refractivity (Wildman–Crippen MR) is 65.8 cm³/mol. The molecule has 0 bridgehead atoms. The molecule has 16 heavy (non-hydrogen) atoms. The normalized spacial score (nSPS) is 13.2. The van der Waals surface area contributed by atoms with Crippen molar-refractivity contribution in [3.05, 3.63) is 22.9 Å². The molecule has 1 atom stereocenters. The van der Waals surface area contributed by atoms with E-state index in [0.717, 1.165) is 5.75 Å². The van der Waals surface area contributed by atoms with E-state index in [9.17, 15) is 4.79 Å². The maximum Gasteiger partial charge on any atom is 0.264 e. The number of nitrogens with zero attached hydrogens (tertiary/aromatic N) is 4. The number of aryl methyl sites for hydroxylation is 1. The van der Waals surface area contributed by atoms with Gasteiger partial charge in [-0.1, -0.05) is 6.92 Å². The van der Waals surface area contributed by atoms with E-state index in [1.165, 1.54) is 0 Å². The summed E-state index contributed by atoms with van der Waals surface area (Å²) in [5, 5.41) is 4.59. The van der Waals surface area contributed by atoms with Crippen LogP contribution < -0.4 is 5.56 Å². The van der Waals surface area contributed by atoms with Crippen LogP contribution in [0.4, 0.5) is 0 Å². The van der Waals surface area contributed by atoms with E-state index in [-0.39, 0.29) is 5.56 Å². The summed E-state index contributed by atoms with van der Waals surface area (Å²) in [6.07, 6.45) is 3.14. The SMILES string of the molecule is CC(CS)Cn1cnc2c(cnn2C)c1=O. The topological polar surface area (TPSA) is 52.7 Å². The van der Waals surface area contributed by atoms with Crippen molar-refractivity contribution in [2.45, 2.75) is 13.5 Å². The Labute approximate surface area is 98.5 Å². The van der Waals surface area contributed by atoms with Gasteiger partial charge in [-0.15, -0.1) is 0 Å². The molecule has 0 saturated carbocycles. The zero-order chi connectivity index (χ0) is 11.7. The molecule has 0 N–H and O–H groups in total. The number of hydrogen-bond acceptors (Lipinski definition) is 4. The van der Waals surface area contributed by atoms with E-state index in [2.05, 4.69) is 22.7 Å². The van der Waals surface area contributed by atoms with Crippen molar-refractivity contribution in [2.24, 2.45) is 13.0 Å². The first-order valence-electron chi connectivity index (χ1n) is 5.11. The van der Waals surface area contributed by atoms with Gasteiger partial charge in [-0.2, -0.15) is 17.7 Å². The summed E-state index contributed by atoms with van der Waals surface area (Å²) in [6.45, 7) is 2.69. The molecule has 0 aromatic carbocycles. The molecule has 0 aliphatic carbocycles. The third-order valence-corrected chi connectivity index (χ3v) is 3.16. The Balaban J connectivity index is 2.49. The van der Waals surface area contributed by atoms with E-state index in [1.807, 2.05) is 6.92 Å². The highest BCUT2D eigenvalue weighted by Crippen LogP contribution is 2.05. The second-order valence-corrected chi connectivity index (χ2v) is 4.36. The van der Waals surface area contributed by atoms with E-state index < -0.39 is 0 Å². The maximum absolute atomic E-state index is 12.0. The highest BCUT2D eigenvalue weighted by atomic mass is 32.1. The van der Waals surface area contributed by atoms with Gasteiger partial charge in [0.15, 0.2) is 5.65 Å². The fraction of sp³-hybridized carbons (Fsp3) is 0.500. The van der Waals surface area contributed by atoms with Gasteiger partial charge in [-0.05, 0) is 11.7 Å². The molecule has 0 radical (unpaired) electrons. The van der Waals surface area contributed by atoms with Crippen LogP contribution in [0, 0.1) is 5.92 Å². The minimum Gasteiger partial charge on any atom is -0.298 e. The molecule has 1 unspecified atom stereocenters. The molecule has 0 aliphatic heterocycles. The largest absolute Gasteiger partial charge is 0.298 e. The van der Waals surface area contributed by atoms with Crippen LogP contribution in [0.15, 0.2) is 17.3 Å². The van der Waals surface area contributed by atoms with Gasteiger partial charge < -0.3 is 0 Å². The van der Waals surface area contributed by atoms with Crippen molar-refractivity contribution in [3.63, 3.8) is 0 Å². The van der Waals surface area contributed by atoms with Crippen molar-refractivity contribution in [2.75, 3.05) is 5.75 Å². The minimum atomic E-state index is -0.0354. The average molecular weight is 238 g/mol. The Kier molecular flexibility index (Phi) is 3.00. The third kappa shape index (κ3) is 1.84. The van der Waals surface area contributed by atoms with E-state index >= 15 is 0 Å². The van der Waals surface area contributed by atoms with Crippen LogP contribution in [-0.2, 0) is 13.6 Å². The Hall–Kier alpha value is -1.30. The maximum atomic E-state index is 12.0. The van der Waals surface area contributed by atoms with Gasteiger partial charge in [0.05, 0.1) is 12.5 Å². The first-order valence-corrected chi connectivity index (χ1v) is 5.74. The molecule has 86 valence electrons. The first kappa shape index (κ1) is 11.2. The van der Waals surface area contributed by atoms with Crippen molar-refractivity contribution >= 4 is 23.7 Å². The standard InChI is InChI=1S/C10H14N4OS/c1-7(5-16)4-14-6-11-9-8(10(14)15)3-12-13(9)2/h3,6-7,16H,4-5H2,1-2H3. The summed E-state index contributed by atoms with van der Waals surface area (Å²) in [5.41, 5.74) is 0.589. The quantitative estimate of drug-likeness (QED) is 0.801. The summed E-state index contributed by atoms with van der Waals surface area (Å²) in [5.74, 6) is 1.09. The van der Waals surface area contributed by atoms with Gasteiger partial charge in [-0.25, -0.2) is 4.98 Å². The Morgan fingerprint density at radius 1 is 1.56 bits per heavy atom. The molecule has 5 nitrogen and oxygen atoms in total. The lowest BCUT2D eigenvalue weighted by molar-refractivity contribution is 0.516. The number of thiol groups is 1. The zero-order valence-electron chi connectivity index (χ0n) is 9.29. The minimum absolute atomic E-state index is 0.0354. The summed E-state index contributed by atoms with van der Waals surface area (Å²) >= 11 is 4.21. The van der Waals surface area contributed by atoms with Crippen molar-refractivity contribution in [3.8, 4) is 0 Å². The van der Waals surface area contributed by atoms with Gasteiger partial charge in [0.1, 0.15) is 5.39 Å². The van der Waals surface area contributed by atoms with Crippen LogP contribution in [-0.4, -0.2) is 25.1 Å². The molecule has 0 aliphatic rings. The van der Waals surface area contributed by atoms with Gasteiger partial charge in [0.25, 0.3) is 5.56 Å². The van der Waals surface area contributed by atoms with Gasteiger partial charge in [-0.3, -0.25) is 14.0 Å². The molecule has 0 saturated heterocycles. The smallest absolute Gasteiger partial charge is 0.264 e. The molecular formula is C10H14N4OS. The van der Waals surface area contributed by atoms with Crippen LogP contribution in [0.25, 0.3) is 11.0 Å². The second-order valence-electron chi connectivity index (χ2n) is 4.00. The average Bonchev–Trinajstić information content (AvgIpc) is 2.65. The van der Waals surface area contributed by atoms with Crippen LogP contribution in [0.1, 0.15) is 6.92 Å². The molecule has 6 heteroatoms. The first-order chi connectivity index (χ1) is 7.63. The fourth-order valence-corrected chi connectivity index (χ4v) is 1.71. The number of aromatic nitrogens is 4. The fourth-order valence-electron chi connectivity index (χ4n) is 1.59. The monoisotopic (exact) mass is 238 g/mol. The molecule has 0 fully saturated rings. The lowest BCUT2D eigenvalue weighted by Crippen LogP contribution is -2.24. The molecule has 2 aromatic rings. The molecule has 0 amide bonds. The summed E-state index contributed by atoms with van der Waals surface area (Å²) < 4.78 is 3.22. The highest BCUT2D eigenvalue weighted by molar-refractivity contribution is 7.80. The predicted octanol–water partition coefficient (Wildman–Crippen LogP) is 0.696. The summed E-state index contributed by atoms with van der Waals surface area (Å²) in [4.78, 5) is 16.3. The van der Waals surface area contributed by atoms with Crippen molar-refractivity contribution in [1.29, 1.82) is 0 Å². The summed E-state index contributed by atoms with van der Waals surface area (Å²) in [7, 11) is 1.77. The molecular weight excluding hydrogens is 224 g/mol. The van der Waals surface area contributed by atoms with Crippen LogP contribution >= 0.6 is 12.6 Å². The van der Waals surface area contributed by atoms with Crippen molar-refractivity contribution in [1.82, 2.24) is 19.3 Å². The van der Waals surface area contributed by atoms with E-state index in [4.69, 9.17) is 0 Å². The Bertz CT molecular complexity index is 559. The molecule has 2 heterocycles. The zero-order valence-corrected chi connectivity index (χ0v) is 10.2. The van der Waals surface area contributed by atoms with Crippen LogP contribution in [0.5, 0.6) is 0 Å². The van der Waals surface area contributed by atoms with Crippen LogP contribution in [0.3, 0.4) is 0 Å².